The van der Waals surface area contributed by atoms with Crippen LogP contribution in [0.15, 0.2) is 140 Å². The summed E-state index contributed by atoms with van der Waals surface area (Å²) < 4.78 is 5.44. The molecule has 6 aliphatic rings. The fraction of sp³-hybridized carbons (Fsp3) is 0.250. The molecule has 2 aromatic heterocycles. The number of aromatic nitrogens is 2. The molecular weight excluding hydrogens is 942 g/mol. The lowest BCUT2D eigenvalue weighted by atomic mass is 9.30. The SMILES string of the molecule is CC(C)(C)c1ccc2c(c1)c1cc(C(C)(C)C)cc3c1n2-c1c2c4c(c5c1B3c1cc3c(cc1N5)C(C)(C)c1ccccc1-3)-n1c3ccccc3c3cc(C(C)(C)C)cc(c31)B4c1cc3c(cc1N2)C(C)(C)c1ccccc1-3. The molecule has 0 fully saturated rings. The highest BCUT2D eigenvalue weighted by Gasteiger charge is 2.51. The molecule has 6 heteroatoms. The molecule has 4 nitrogen and oxygen atoms in total. The van der Waals surface area contributed by atoms with Gasteiger partial charge in [0.25, 0.3) is 13.4 Å². The molecule has 0 spiro atoms. The van der Waals surface area contributed by atoms with E-state index >= 15 is 0 Å². The molecule has 0 atom stereocenters. The van der Waals surface area contributed by atoms with Crippen molar-refractivity contribution in [2.75, 3.05) is 10.6 Å². The van der Waals surface area contributed by atoms with Crippen molar-refractivity contribution >= 4 is 113 Å². The molecule has 6 heterocycles. The summed E-state index contributed by atoms with van der Waals surface area (Å²) in [6.07, 6.45) is 0. The third-order valence-corrected chi connectivity index (χ3v) is 20.1. The Balaban J connectivity index is 1.10. The van der Waals surface area contributed by atoms with Crippen molar-refractivity contribution in [3.05, 3.63) is 178 Å². The summed E-state index contributed by atoms with van der Waals surface area (Å²) in [6, 6.07) is 55.7. The number of para-hydroxylation sites is 1. The zero-order valence-electron chi connectivity index (χ0n) is 47.3. The normalized spacial score (nSPS) is 16.1. The van der Waals surface area contributed by atoms with E-state index in [0.717, 1.165) is 0 Å². The van der Waals surface area contributed by atoms with Gasteiger partial charge >= 0.3 is 0 Å². The molecule has 0 amide bonds. The van der Waals surface area contributed by atoms with E-state index in [4.69, 9.17) is 0 Å². The van der Waals surface area contributed by atoms with Gasteiger partial charge in [-0.1, -0.05) is 187 Å². The van der Waals surface area contributed by atoms with Gasteiger partial charge in [-0.25, -0.2) is 0 Å². The van der Waals surface area contributed by atoms with Crippen LogP contribution in [0.25, 0.3) is 77.2 Å². The largest absolute Gasteiger partial charge is 0.355 e. The monoisotopic (exact) mass is 1010 g/mol. The zero-order valence-corrected chi connectivity index (χ0v) is 47.3. The maximum absolute atomic E-state index is 4.47. The van der Waals surface area contributed by atoms with Crippen molar-refractivity contribution in [3.8, 4) is 33.6 Å². The van der Waals surface area contributed by atoms with E-state index in [1.807, 2.05) is 0 Å². The summed E-state index contributed by atoms with van der Waals surface area (Å²) in [7, 11) is 0. The molecule has 17 rings (SSSR count). The highest BCUT2D eigenvalue weighted by molar-refractivity contribution is 7.03. The number of fused-ring (bicyclic) bond motifs is 22. The third-order valence-electron chi connectivity index (χ3n) is 20.1. The predicted molar refractivity (Wildman–Crippen MR) is 335 cm³/mol. The van der Waals surface area contributed by atoms with Gasteiger partial charge in [0.05, 0.1) is 33.8 Å². The molecule has 4 aliphatic heterocycles. The summed E-state index contributed by atoms with van der Waals surface area (Å²) >= 11 is 0. The first-order valence-electron chi connectivity index (χ1n) is 28.7. The van der Waals surface area contributed by atoms with Crippen LogP contribution in [0.5, 0.6) is 0 Å². The molecule has 2 N–H and O–H groups in total. The Morgan fingerprint density at radius 2 is 0.795 bits per heavy atom. The van der Waals surface area contributed by atoms with Crippen LogP contribution in [0.4, 0.5) is 22.7 Å². The number of rotatable bonds is 0. The molecule has 0 unspecified atom stereocenters. The maximum Gasteiger partial charge on any atom is 0.252 e. The predicted octanol–water partition coefficient (Wildman–Crippen LogP) is 14.2. The van der Waals surface area contributed by atoms with Crippen LogP contribution in [0.2, 0.25) is 0 Å². The number of hydrogen-bond donors (Lipinski definition) is 2. The van der Waals surface area contributed by atoms with E-state index in [2.05, 4.69) is 249 Å². The van der Waals surface area contributed by atoms with Crippen LogP contribution in [0.3, 0.4) is 0 Å². The molecule has 2 aliphatic carbocycles. The van der Waals surface area contributed by atoms with E-state index < -0.39 is 0 Å². The second-order valence-corrected chi connectivity index (χ2v) is 28.3. The van der Waals surface area contributed by atoms with Crippen molar-refractivity contribution in [1.29, 1.82) is 0 Å². The van der Waals surface area contributed by atoms with Crippen LogP contribution in [0.1, 0.15) is 129 Å². The first-order chi connectivity index (χ1) is 37.1. The number of anilines is 4. The van der Waals surface area contributed by atoms with Gasteiger partial charge in [-0.2, -0.15) is 0 Å². The highest BCUT2D eigenvalue weighted by atomic mass is 15.1. The second-order valence-electron chi connectivity index (χ2n) is 28.3. The summed E-state index contributed by atoms with van der Waals surface area (Å²) in [5, 5.41) is 14.2. The minimum Gasteiger partial charge on any atom is -0.355 e. The van der Waals surface area contributed by atoms with Gasteiger partial charge in [-0.3, -0.25) is 0 Å². The van der Waals surface area contributed by atoms with Crippen LogP contribution in [-0.4, -0.2) is 22.6 Å². The first kappa shape index (κ1) is 45.3. The van der Waals surface area contributed by atoms with Gasteiger partial charge in [-0.15, -0.1) is 0 Å². The molecule has 9 aromatic carbocycles. The topological polar surface area (TPSA) is 33.9 Å². The summed E-state index contributed by atoms with van der Waals surface area (Å²) in [5.41, 5.74) is 35.3. The Morgan fingerprint density at radius 3 is 1.28 bits per heavy atom. The van der Waals surface area contributed by atoms with Gasteiger partial charge < -0.3 is 19.8 Å². The number of benzene rings is 9. The molecule has 78 heavy (non-hydrogen) atoms. The van der Waals surface area contributed by atoms with Crippen LogP contribution in [-0.2, 0) is 27.1 Å². The molecule has 0 radical (unpaired) electrons. The quantitative estimate of drug-likeness (QED) is 0.148. The molecule has 11 aromatic rings. The molecular formula is C72H64B2N4. The van der Waals surface area contributed by atoms with E-state index in [-0.39, 0.29) is 40.5 Å². The van der Waals surface area contributed by atoms with Gasteiger partial charge in [0, 0.05) is 54.8 Å². The average molecular weight is 1010 g/mol. The Labute approximate surface area is 459 Å². The van der Waals surface area contributed by atoms with Crippen molar-refractivity contribution < 1.29 is 0 Å². The van der Waals surface area contributed by atoms with Crippen molar-refractivity contribution in [1.82, 2.24) is 9.13 Å². The van der Waals surface area contributed by atoms with Gasteiger partial charge in [-0.05, 0) is 153 Å². The zero-order chi connectivity index (χ0) is 53.4. The van der Waals surface area contributed by atoms with Gasteiger partial charge in [0.1, 0.15) is 0 Å². The highest BCUT2D eigenvalue weighted by Crippen LogP contribution is 2.54. The second kappa shape index (κ2) is 13.9. The first-order valence-corrected chi connectivity index (χ1v) is 28.7. The lowest BCUT2D eigenvalue weighted by molar-refractivity contribution is 0.590. The Bertz CT molecular complexity index is 4690. The lowest BCUT2D eigenvalue weighted by Gasteiger charge is -2.43. The summed E-state index contributed by atoms with van der Waals surface area (Å²) in [4.78, 5) is 0. The minimum absolute atomic E-state index is 0.0292. The fourth-order valence-corrected chi connectivity index (χ4v) is 16.0. The van der Waals surface area contributed by atoms with E-state index in [1.165, 1.54) is 172 Å². The molecule has 0 bridgehead atoms. The molecule has 0 saturated heterocycles. The summed E-state index contributed by atoms with van der Waals surface area (Å²) in [6.45, 7) is 31.0. The smallest absolute Gasteiger partial charge is 0.252 e. The van der Waals surface area contributed by atoms with Crippen LogP contribution in [0, 0.1) is 0 Å². The lowest BCUT2D eigenvalue weighted by Crippen LogP contribution is -2.64. The van der Waals surface area contributed by atoms with Crippen molar-refractivity contribution in [2.24, 2.45) is 0 Å². The minimum atomic E-state index is -0.167. The van der Waals surface area contributed by atoms with Gasteiger partial charge in [0.2, 0.25) is 0 Å². The standard InChI is InChI=1S/C72H64B2N4/c1-68(2,3)37-26-27-59-45(28-37)47-30-39(70(7,8)9)32-55-65(47)78(59)67-61-62(75-57-36-51-44(34-53(57)74(55)61)41-21-15-18-24-49(41)72(51,12)13)66-60-63(67)76-56-35-50-43(40-20-14-17-23-48(40)71(50,10)11)33-52(56)73(60)54-31-38(69(4,5)6)29-46-42-22-16-19-25-58(42)77(66)64(46)54/h14-36,75-76H,1-13H3. The van der Waals surface area contributed by atoms with E-state index in [1.54, 1.807) is 0 Å². The fourth-order valence-electron chi connectivity index (χ4n) is 16.0. The van der Waals surface area contributed by atoms with E-state index in [0.29, 0.717) is 0 Å². The third kappa shape index (κ3) is 5.36. The van der Waals surface area contributed by atoms with Crippen LogP contribution >= 0.6 is 0 Å². The van der Waals surface area contributed by atoms with Crippen LogP contribution < -0.4 is 43.4 Å². The maximum atomic E-state index is 4.47. The average Bonchev–Trinajstić information content (AvgIpc) is 3.02. The van der Waals surface area contributed by atoms with Crippen molar-refractivity contribution in [3.63, 3.8) is 0 Å². The molecule has 0 saturated carbocycles. The molecule has 378 valence electrons. The van der Waals surface area contributed by atoms with E-state index in [9.17, 15) is 0 Å². The number of nitrogens with one attached hydrogen (secondary N) is 2. The van der Waals surface area contributed by atoms with Gasteiger partial charge in [0.15, 0.2) is 0 Å². The number of nitrogens with zero attached hydrogens (tertiary/aromatic N) is 2. The Hall–Kier alpha value is -7.69. The number of hydrogen-bond acceptors (Lipinski definition) is 2. The van der Waals surface area contributed by atoms with Crippen molar-refractivity contribution in [2.45, 2.75) is 117 Å². The summed E-state index contributed by atoms with van der Waals surface area (Å²) in [5.74, 6) is 0. The Kier molecular flexibility index (Phi) is 8.10. The Morgan fingerprint density at radius 1 is 0.372 bits per heavy atom.